The van der Waals surface area contributed by atoms with E-state index in [2.05, 4.69) is 10.3 Å². The molecule has 2 aromatic heterocycles. The topological polar surface area (TPSA) is 99.0 Å². The van der Waals surface area contributed by atoms with Crippen molar-refractivity contribution in [2.75, 3.05) is 12.4 Å². The van der Waals surface area contributed by atoms with Crippen LogP contribution >= 0.6 is 11.3 Å². The van der Waals surface area contributed by atoms with Crippen LogP contribution in [0.3, 0.4) is 0 Å². The van der Waals surface area contributed by atoms with Crippen LogP contribution in [0.2, 0.25) is 0 Å². The third-order valence-corrected chi connectivity index (χ3v) is 4.32. The van der Waals surface area contributed by atoms with Gasteiger partial charge in [-0.2, -0.15) is 0 Å². The maximum Gasteiger partial charge on any atom is 0.308 e. The first-order valence-corrected chi connectivity index (χ1v) is 8.43. The number of rotatable bonds is 4. The predicted octanol–water partition coefficient (Wildman–Crippen LogP) is 2.25. The third-order valence-electron chi connectivity index (χ3n) is 3.57. The van der Waals surface area contributed by atoms with Crippen molar-refractivity contribution in [1.29, 1.82) is 0 Å². The van der Waals surface area contributed by atoms with E-state index in [1.807, 2.05) is 0 Å². The lowest BCUT2D eigenvalue weighted by Gasteiger charge is -2.11. The van der Waals surface area contributed by atoms with Gasteiger partial charge in [-0.15, -0.1) is 11.3 Å². The van der Waals surface area contributed by atoms with E-state index in [0.29, 0.717) is 10.7 Å². The molecule has 0 saturated heterocycles. The number of thiazole rings is 1. The molecule has 0 aliphatic carbocycles. The van der Waals surface area contributed by atoms with E-state index in [0.717, 1.165) is 0 Å². The van der Waals surface area contributed by atoms with E-state index in [1.165, 1.54) is 48.0 Å². The number of ether oxygens (including phenoxy) is 2. The minimum absolute atomic E-state index is 0.105. The summed E-state index contributed by atoms with van der Waals surface area (Å²) in [6.07, 6.45) is 1.60. The van der Waals surface area contributed by atoms with Crippen molar-refractivity contribution in [2.24, 2.45) is 0 Å². The molecular formula is C17H15N3O5S. The van der Waals surface area contributed by atoms with Crippen LogP contribution in [0.25, 0.3) is 4.96 Å². The summed E-state index contributed by atoms with van der Waals surface area (Å²) in [7, 11) is 1.40. The minimum atomic E-state index is -0.505. The highest BCUT2D eigenvalue weighted by Gasteiger charge is 2.17. The van der Waals surface area contributed by atoms with Crippen molar-refractivity contribution in [3.63, 3.8) is 0 Å². The molecule has 0 fully saturated rings. The fourth-order valence-electron chi connectivity index (χ4n) is 2.36. The zero-order chi connectivity index (χ0) is 18.8. The SMILES string of the molecule is COc1cc(C(=O)Nc2c(C)nc3sccn3c2=O)ccc1OC(C)=O. The van der Waals surface area contributed by atoms with Crippen molar-refractivity contribution in [3.8, 4) is 11.5 Å². The molecule has 0 saturated carbocycles. The highest BCUT2D eigenvalue weighted by Crippen LogP contribution is 2.28. The lowest BCUT2D eigenvalue weighted by atomic mass is 10.2. The number of fused-ring (bicyclic) bond motifs is 1. The lowest BCUT2D eigenvalue weighted by Crippen LogP contribution is -2.24. The fraction of sp³-hybridized carbons (Fsp3) is 0.176. The van der Waals surface area contributed by atoms with Crippen LogP contribution in [-0.2, 0) is 4.79 Å². The normalized spacial score (nSPS) is 10.6. The Bertz CT molecular complexity index is 1070. The number of anilines is 1. The molecule has 9 heteroatoms. The summed E-state index contributed by atoms with van der Waals surface area (Å²) in [4.78, 5) is 41.0. The van der Waals surface area contributed by atoms with Gasteiger partial charge in [0, 0.05) is 24.1 Å². The van der Waals surface area contributed by atoms with E-state index < -0.39 is 11.9 Å². The van der Waals surface area contributed by atoms with Crippen LogP contribution in [-0.4, -0.2) is 28.4 Å². The maximum atomic E-state index is 12.5. The van der Waals surface area contributed by atoms with Gasteiger partial charge in [0.05, 0.1) is 12.8 Å². The van der Waals surface area contributed by atoms with Crippen molar-refractivity contribution in [3.05, 3.63) is 51.4 Å². The first kappa shape index (κ1) is 17.6. The van der Waals surface area contributed by atoms with Crippen LogP contribution < -0.4 is 20.3 Å². The fourth-order valence-corrected chi connectivity index (χ4v) is 3.11. The molecule has 134 valence electrons. The molecule has 0 unspecified atom stereocenters. The summed E-state index contributed by atoms with van der Waals surface area (Å²) in [5.74, 6) is -0.573. The van der Waals surface area contributed by atoms with E-state index in [9.17, 15) is 14.4 Å². The Kier molecular flexibility index (Phi) is 4.72. The van der Waals surface area contributed by atoms with Gasteiger partial charge in [-0.05, 0) is 25.1 Å². The Hall–Kier alpha value is -3.20. The van der Waals surface area contributed by atoms with Crippen molar-refractivity contribution < 1.29 is 19.1 Å². The van der Waals surface area contributed by atoms with Crippen molar-refractivity contribution in [1.82, 2.24) is 9.38 Å². The number of aryl methyl sites for hydroxylation is 1. The van der Waals surface area contributed by atoms with Gasteiger partial charge in [0.1, 0.15) is 5.69 Å². The summed E-state index contributed by atoms with van der Waals surface area (Å²) < 4.78 is 11.5. The molecule has 1 aromatic carbocycles. The summed E-state index contributed by atoms with van der Waals surface area (Å²) >= 11 is 1.33. The molecule has 0 atom stereocenters. The summed E-state index contributed by atoms with van der Waals surface area (Å²) in [5, 5.41) is 4.34. The average molecular weight is 373 g/mol. The zero-order valence-corrected chi connectivity index (χ0v) is 15.0. The zero-order valence-electron chi connectivity index (χ0n) is 14.2. The molecule has 2 heterocycles. The smallest absolute Gasteiger partial charge is 0.308 e. The van der Waals surface area contributed by atoms with E-state index >= 15 is 0 Å². The van der Waals surface area contributed by atoms with Gasteiger partial charge in [-0.3, -0.25) is 18.8 Å². The molecule has 26 heavy (non-hydrogen) atoms. The minimum Gasteiger partial charge on any atom is -0.493 e. The molecule has 0 aliphatic rings. The molecule has 0 bridgehead atoms. The van der Waals surface area contributed by atoms with Gasteiger partial charge < -0.3 is 14.8 Å². The number of aromatic nitrogens is 2. The number of nitrogens with zero attached hydrogens (tertiary/aromatic N) is 2. The Morgan fingerprint density at radius 2 is 2.04 bits per heavy atom. The molecule has 1 N–H and O–H groups in total. The van der Waals surface area contributed by atoms with Gasteiger partial charge in [0.2, 0.25) is 0 Å². The van der Waals surface area contributed by atoms with Crippen LogP contribution in [0.1, 0.15) is 23.0 Å². The Morgan fingerprint density at radius 1 is 1.27 bits per heavy atom. The number of esters is 1. The van der Waals surface area contributed by atoms with Crippen LogP contribution in [0.4, 0.5) is 5.69 Å². The first-order valence-electron chi connectivity index (χ1n) is 7.55. The van der Waals surface area contributed by atoms with Crippen molar-refractivity contribution in [2.45, 2.75) is 13.8 Å². The molecule has 8 nitrogen and oxygen atoms in total. The van der Waals surface area contributed by atoms with Crippen LogP contribution in [0.5, 0.6) is 11.5 Å². The summed E-state index contributed by atoms with van der Waals surface area (Å²) in [5.41, 5.74) is 0.417. The van der Waals surface area contributed by atoms with Gasteiger partial charge in [-0.25, -0.2) is 4.98 Å². The molecule has 3 rings (SSSR count). The Balaban J connectivity index is 1.93. The first-order chi connectivity index (χ1) is 12.4. The predicted molar refractivity (Wildman–Crippen MR) is 96.3 cm³/mol. The maximum absolute atomic E-state index is 12.5. The third kappa shape index (κ3) is 3.29. The largest absolute Gasteiger partial charge is 0.493 e. The molecule has 0 aliphatic heterocycles. The molecule has 1 amide bonds. The van der Waals surface area contributed by atoms with Crippen molar-refractivity contribution >= 4 is 33.9 Å². The second-order valence-electron chi connectivity index (χ2n) is 5.35. The lowest BCUT2D eigenvalue weighted by molar-refractivity contribution is -0.132. The number of methoxy groups -OCH3 is 1. The Labute approximate surface area is 152 Å². The molecule has 0 radical (unpaired) electrons. The number of hydrogen-bond acceptors (Lipinski definition) is 7. The van der Waals surface area contributed by atoms with Gasteiger partial charge in [-0.1, -0.05) is 0 Å². The molecule has 0 spiro atoms. The Morgan fingerprint density at radius 3 is 2.73 bits per heavy atom. The number of carbonyl (C=O) groups is 2. The van der Waals surface area contributed by atoms with Crippen LogP contribution in [0, 0.1) is 6.92 Å². The molecule has 3 aromatic rings. The summed E-state index contributed by atoms with van der Waals surface area (Å²) in [6, 6.07) is 4.35. The number of amides is 1. The highest BCUT2D eigenvalue weighted by molar-refractivity contribution is 7.15. The monoisotopic (exact) mass is 373 g/mol. The van der Waals surface area contributed by atoms with E-state index in [-0.39, 0.29) is 28.3 Å². The molecular weight excluding hydrogens is 358 g/mol. The quantitative estimate of drug-likeness (QED) is 0.556. The van der Waals surface area contributed by atoms with E-state index in [1.54, 1.807) is 18.5 Å². The van der Waals surface area contributed by atoms with E-state index in [4.69, 9.17) is 9.47 Å². The highest BCUT2D eigenvalue weighted by atomic mass is 32.1. The summed E-state index contributed by atoms with van der Waals surface area (Å²) in [6.45, 7) is 2.92. The van der Waals surface area contributed by atoms with Gasteiger partial charge >= 0.3 is 5.97 Å². The number of nitrogens with one attached hydrogen (secondary N) is 1. The average Bonchev–Trinajstić information content (AvgIpc) is 3.06. The van der Waals surface area contributed by atoms with Gasteiger partial charge in [0.25, 0.3) is 11.5 Å². The van der Waals surface area contributed by atoms with Crippen LogP contribution in [0.15, 0.2) is 34.6 Å². The number of carbonyl (C=O) groups excluding carboxylic acids is 2. The second-order valence-corrected chi connectivity index (χ2v) is 6.22. The second kappa shape index (κ2) is 6.96. The standard InChI is InChI=1S/C17H15N3O5S/c1-9-14(16(23)20-6-7-26-17(20)18-9)19-15(22)11-4-5-12(25-10(2)21)13(8-11)24-3/h4-8H,1-3H3,(H,19,22). The number of hydrogen-bond donors (Lipinski definition) is 1. The van der Waals surface area contributed by atoms with Gasteiger partial charge in [0.15, 0.2) is 16.5 Å². The number of benzene rings is 1.